The number of aliphatic carboxylic acids is 1. The molecule has 0 aliphatic carbocycles. The fourth-order valence-corrected chi connectivity index (χ4v) is 8.87. The van der Waals surface area contributed by atoms with Gasteiger partial charge in [-0.3, -0.25) is 9.59 Å². The minimum Gasteiger partial charge on any atom is -0.545 e. The van der Waals surface area contributed by atoms with Crippen LogP contribution in [-0.4, -0.2) is 82.3 Å². The Morgan fingerprint density at radius 2 is 0.734 bits per heavy atom. The van der Waals surface area contributed by atoms with E-state index in [2.05, 4.69) is 111 Å². The predicted molar refractivity (Wildman–Crippen MR) is 334 cm³/mol. The second kappa shape index (κ2) is 60.3. The zero-order chi connectivity index (χ0) is 57.6. The molecule has 9 nitrogen and oxygen atoms in total. The van der Waals surface area contributed by atoms with Gasteiger partial charge < -0.3 is 33.3 Å². The van der Waals surface area contributed by atoms with Crippen molar-refractivity contribution in [2.24, 2.45) is 0 Å². The molecular formula is C70H121NO8. The highest BCUT2D eigenvalue weighted by Gasteiger charge is 2.22. The fraction of sp³-hybridized carbons (Fsp3) is 0.729. The molecule has 0 aromatic rings. The number of hydrogen-bond acceptors (Lipinski definition) is 8. The zero-order valence-electron chi connectivity index (χ0n) is 51.7. The summed E-state index contributed by atoms with van der Waals surface area (Å²) in [4.78, 5) is 37.4. The lowest BCUT2D eigenvalue weighted by Gasteiger charge is -2.26. The number of quaternary nitrogens is 1. The molecule has 0 aliphatic heterocycles. The van der Waals surface area contributed by atoms with Crippen LogP contribution in [0, 0.1) is 0 Å². The number of ether oxygens (including phenoxy) is 4. The summed E-state index contributed by atoms with van der Waals surface area (Å²) in [6.45, 7) is 4.58. The van der Waals surface area contributed by atoms with Gasteiger partial charge in [0, 0.05) is 12.8 Å². The molecule has 2 atom stereocenters. The Hall–Kier alpha value is -3.79. The van der Waals surface area contributed by atoms with Gasteiger partial charge in [-0.25, -0.2) is 0 Å². The molecule has 0 bridgehead atoms. The lowest BCUT2D eigenvalue weighted by atomic mass is 10.0. The highest BCUT2D eigenvalue weighted by Crippen LogP contribution is 2.17. The van der Waals surface area contributed by atoms with E-state index in [0.29, 0.717) is 23.9 Å². The molecule has 454 valence electrons. The van der Waals surface area contributed by atoms with Crippen LogP contribution in [0.3, 0.4) is 0 Å². The van der Waals surface area contributed by atoms with Crippen LogP contribution in [0.5, 0.6) is 0 Å². The molecular weight excluding hydrogens is 983 g/mol. The maximum absolute atomic E-state index is 12.9. The Balaban J connectivity index is 4.21. The number of carbonyl (C=O) groups is 3. The van der Waals surface area contributed by atoms with Gasteiger partial charge in [-0.2, -0.15) is 0 Å². The number of esters is 2. The van der Waals surface area contributed by atoms with E-state index >= 15 is 0 Å². The van der Waals surface area contributed by atoms with Crippen molar-refractivity contribution in [3.63, 3.8) is 0 Å². The Morgan fingerprint density at radius 3 is 1.13 bits per heavy atom. The zero-order valence-corrected chi connectivity index (χ0v) is 51.7. The number of nitrogens with zero attached hydrogens (tertiary/aromatic N) is 1. The molecule has 0 fully saturated rings. The Labute approximate surface area is 486 Å². The summed E-state index contributed by atoms with van der Waals surface area (Å²) in [5, 5.41) is 11.8. The molecule has 0 amide bonds. The van der Waals surface area contributed by atoms with Gasteiger partial charge in [0.2, 0.25) is 0 Å². The Bertz CT molecular complexity index is 1620. The molecule has 0 N–H and O–H groups in total. The molecule has 0 heterocycles. The molecule has 0 aromatic heterocycles. The van der Waals surface area contributed by atoms with Gasteiger partial charge in [-0.05, 0) is 89.9 Å². The van der Waals surface area contributed by atoms with Crippen molar-refractivity contribution < 1.29 is 42.9 Å². The molecule has 0 radical (unpaired) electrons. The Kier molecular flexibility index (Phi) is 57.4. The summed E-state index contributed by atoms with van der Waals surface area (Å²) in [7, 11) is 5.90. The largest absolute Gasteiger partial charge is 0.545 e. The van der Waals surface area contributed by atoms with Crippen LogP contribution in [-0.2, 0) is 33.3 Å². The van der Waals surface area contributed by atoms with Crippen LogP contribution in [0.4, 0.5) is 0 Å². The van der Waals surface area contributed by atoms with E-state index < -0.39 is 24.3 Å². The van der Waals surface area contributed by atoms with E-state index in [1.165, 1.54) is 167 Å². The first kappa shape index (κ1) is 75.2. The first-order valence-electron chi connectivity index (χ1n) is 32.4. The second-order valence-corrected chi connectivity index (χ2v) is 22.7. The summed E-state index contributed by atoms with van der Waals surface area (Å²) < 4.78 is 22.7. The molecule has 0 saturated heterocycles. The summed E-state index contributed by atoms with van der Waals surface area (Å²) in [5.41, 5.74) is 0. The van der Waals surface area contributed by atoms with Gasteiger partial charge in [0.25, 0.3) is 0 Å². The molecule has 0 spiro atoms. The third kappa shape index (κ3) is 61.7. The van der Waals surface area contributed by atoms with Gasteiger partial charge in [0.15, 0.2) is 12.4 Å². The number of allylic oxidation sites excluding steroid dienone is 16. The van der Waals surface area contributed by atoms with Crippen LogP contribution < -0.4 is 5.11 Å². The second-order valence-electron chi connectivity index (χ2n) is 22.7. The standard InChI is InChI=1S/C70H121NO8/c1-6-8-10-12-14-16-18-20-22-24-26-28-30-31-32-33-34-35-36-37-39-40-42-44-46-48-50-52-54-56-58-60-67(72)77-64-66(65-78-70(69(74)75)76-63-62-71(3,4)5)79-68(73)61-59-57-55-53-51-49-47-45-43-41-38-29-27-25-23-21-19-17-15-13-11-9-7-2/h9,11,15,17,21,23-24,26-27,29,41,43,47,49,53,55,66,70H,6-8,10,12-14,16,18-20,22,25,28,30-40,42,44-46,48,50-52,54,56-65H2,1-5H3/b11-9-,17-15-,23-21-,26-24-,29-27-,43-41-,49-47-,55-53-. The van der Waals surface area contributed by atoms with Gasteiger partial charge in [-0.15, -0.1) is 0 Å². The van der Waals surface area contributed by atoms with Crippen LogP contribution in [0.2, 0.25) is 0 Å². The van der Waals surface area contributed by atoms with Crippen LogP contribution in [0.15, 0.2) is 97.2 Å². The van der Waals surface area contributed by atoms with Crippen molar-refractivity contribution in [1.82, 2.24) is 0 Å². The minimum atomic E-state index is -1.64. The van der Waals surface area contributed by atoms with Crippen LogP contribution in [0.25, 0.3) is 0 Å². The van der Waals surface area contributed by atoms with Gasteiger partial charge in [-0.1, -0.05) is 265 Å². The number of likely N-dealkylation sites (N-methyl/N-ethyl adjacent to an activating group) is 1. The van der Waals surface area contributed by atoms with Crippen molar-refractivity contribution in [2.75, 3.05) is 47.5 Å². The predicted octanol–water partition coefficient (Wildman–Crippen LogP) is 18.4. The van der Waals surface area contributed by atoms with Crippen LogP contribution in [0.1, 0.15) is 271 Å². The van der Waals surface area contributed by atoms with Gasteiger partial charge in [0.1, 0.15) is 13.2 Å². The number of unbranched alkanes of at least 4 members (excludes halogenated alkanes) is 28. The number of carbonyl (C=O) groups excluding carboxylic acids is 3. The number of carboxylic acids is 1. The van der Waals surface area contributed by atoms with Crippen molar-refractivity contribution in [2.45, 2.75) is 283 Å². The van der Waals surface area contributed by atoms with E-state index in [1.807, 2.05) is 21.1 Å². The van der Waals surface area contributed by atoms with E-state index in [9.17, 15) is 19.5 Å². The number of rotatable bonds is 59. The monoisotopic (exact) mass is 1100 g/mol. The maximum Gasteiger partial charge on any atom is 0.306 e. The van der Waals surface area contributed by atoms with Crippen LogP contribution >= 0.6 is 0 Å². The molecule has 9 heteroatoms. The summed E-state index contributed by atoms with van der Waals surface area (Å²) in [6, 6.07) is 0. The highest BCUT2D eigenvalue weighted by atomic mass is 16.7. The topological polar surface area (TPSA) is 111 Å². The van der Waals surface area contributed by atoms with Crippen molar-refractivity contribution in [3.8, 4) is 0 Å². The average Bonchev–Trinajstić information content (AvgIpc) is 3.42. The third-order valence-corrected chi connectivity index (χ3v) is 13.8. The highest BCUT2D eigenvalue weighted by molar-refractivity contribution is 5.70. The first-order valence-corrected chi connectivity index (χ1v) is 32.4. The molecule has 0 aliphatic rings. The summed E-state index contributed by atoms with van der Waals surface area (Å²) >= 11 is 0. The molecule has 0 rings (SSSR count). The van der Waals surface area contributed by atoms with Crippen molar-refractivity contribution in [3.05, 3.63) is 97.2 Å². The molecule has 0 aromatic carbocycles. The molecule has 0 saturated carbocycles. The molecule has 2 unspecified atom stereocenters. The van der Waals surface area contributed by atoms with Crippen molar-refractivity contribution >= 4 is 17.9 Å². The van der Waals surface area contributed by atoms with Gasteiger partial charge in [0.05, 0.1) is 40.3 Å². The maximum atomic E-state index is 12.9. The summed E-state index contributed by atoms with van der Waals surface area (Å²) in [6.07, 6.45) is 79.2. The fourth-order valence-electron chi connectivity index (χ4n) is 8.87. The smallest absolute Gasteiger partial charge is 0.306 e. The Morgan fingerprint density at radius 1 is 0.392 bits per heavy atom. The quantitative estimate of drug-likeness (QED) is 0.0195. The van der Waals surface area contributed by atoms with Gasteiger partial charge >= 0.3 is 11.9 Å². The van der Waals surface area contributed by atoms with Crippen molar-refractivity contribution in [1.29, 1.82) is 0 Å². The number of carboxylic acid groups (broad SMARTS) is 1. The SMILES string of the molecule is CC/C=C\C/C=C\C/C=C\C/C=C\C/C=C\C/C=C\C/C=C\CCCC(=O)OC(COC(=O)CCCCCCCCCCCCCCCCCCCCC/C=C\CCCCCCCCCC)COC(OCC[N+](C)(C)C)C(=O)[O-]. The average molecular weight is 1100 g/mol. The summed E-state index contributed by atoms with van der Waals surface area (Å²) in [5.74, 6) is -2.36. The minimum absolute atomic E-state index is 0.133. The third-order valence-electron chi connectivity index (χ3n) is 13.8. The first-order chi connectivity index (χ1) is 38.6. The normalized spacial score (nSPS) is 13.4. The lowest BCUT2D eigenvalue weighted by Crippen LogP contribution is -2.44. The van der Waals surface area contributed by atoms with E-state index in [1.54, 1.807) is 0 Å². The number of hydrogen-bond donors (Lipinski definition) is 0. The van der Waals surface area contributed by atoms with E-state index in [-0.39, 0.29) is 38.6 Å². The lowest BCUT2D eigenvalue weighted by molar-refractivity contribution is -0.870. The molecule has 79 heavy (non-hydrogen) atoms. The van der Waals surface area contributed by atoms with E-state index in [0.717, 1.165) is 64.2 Å². The van der Waals surface area contributed by atoms with E-state index in [4.69, 9.17) is 18.9 Å².